The van der Waals surface area contributed by atoms with Crippen LogP contribution in [-0.4, -0.2) is 54.0 Å². The maximum atomic E-state index is 13.6. The number of carbonyl (C=O) groups excluding carboxylic acids is 2. The van der Waals surface area contributed by atoms with E-state index in [1.165, 1.54) is 16.0 Å². The van der Waals surface area contributed by atoms with Gasteiger partial charge in [-0.1, -0.05) is 48.4 Å². The molecule has 34 heavy (non-hydrogen) atoms. The Kier molecular flexibility index (Phi) is 7.54. The van der Waals surface area contributed by atoms with Gasteiger partial charge in [-0.2, -0.15) is 0 Å². The van der Waals surface area contributed by atoms with Gasteiger partial charge in [0.25, 0.3) is 5.91 Å². The van der Waals surface area contributed by atoms with Crippen LogP contribution in [0.2, 0.25) is 0 Å². The van der Waals surface area contributed by atoms with Crippen molar-refractivity contribution >= 4 is 11.9 Å². The molecule has 0 bridgehead atoms. The average molecular weight is 460 g/mol. The van der Waals surface area contributed by atoms with Crippen molar-refractivity contribution in [2.75, 3.05) is 26.7 Å². The third-order valence-corrected chi connectivity index (χ3v) is 7.12. The number of carbonyl (C=O) groups is 2. The highest BCUT2D eigenvalue weighted by Gasteiger charge is 2.55. The van der Waals surface area contributed by atoms with E-state index in [0.29, 0.717) is 6.42 Å². The Balaban J connectivity index is 1.47. The second kappa shape index (κ2) is 10.8. The number of nitrogens with one attached hydrogen (secondary N) is 1. The van der Waals surface area contributed by atoms with Gasteiger partial charge in [-0.3, -0.25) is 14.6 Å². The van der Waals surface area contributed by atoms with Gasteiger partial charge in [-0.15, -0.1) is 5.92 Å². The number of nitrogens with zero attached hydrogens (tertiary/aromatic N) is 2. The number of hydrogen-bond donors (Lipinski definition) is 1. The number of piperidine rings is 1. The molecule has 178 valence electrons. The van der Waals surface area contributed by atoms with E-state index in [0.717, 1.165) is 44.6 Å². The van der Waals surface area contributed by atoms with Crippen LogP contribution in [0, 0.1) is 17.8 Å². The van der Waals surface area contributed by atoms with Crippen molar-refractivity contribution in [3.63, 3.8) is 0 Å². The summed E-state index contributed by atoms with van der Waals surface area (Å²) >= 11 is 0. The quantitative estimate of drug-likeness (QED) is 0.481. The predicted molar refractivity (Wildman–Crippen MR) is 132 cm³/mol. The molecule has 2 aromatic rings. The van der Waals surface area contributed by atoms with Crippen LogP contribution < -0.4 is 10.1 Å². The molecular formula is C28H33N3O3. The Morgan fingerprint density at radius 3 is 2.38 bits per heavy atom. The summed E-state index contributed by atoms with van der Waals surface area (Å²) in [5.41, 5.74) is 1.55. The van der Waals surface area contributed by atoms with Crippen LogP contribution in [-0.2, 0) is 17.8 Å². The summed E-state index contributed by atoms with van der Waals surface area (Å²) in [4.78, 5) is 30.2. The Morgan fingerprint density at radius 2 is 1.74 bits per heavy atom. The minimum absolute atomic E-state index is 0.0966. The van der Waals surface area contributed by atoms with Gasteiger partial charge >= 0.3 is 6.03 Å². The average Bonchev–Trinajstić information content (AvgIpc) is 3.12. The van der Waals surface area contributed by atoms with Crippen molar-refractivity contribution in [1.82, 2.24) is 15.1 Å². The zero-order valence-corrected chi connectivity index (χ0v) is 20.0. The molecule has 2 aliphatic rings. The van der Waals surface area contributed by atoms with Crippen LogP contribution in [0.4, 0.5) is 4.79 Å². The molecule has 0 spiro atoms. The molecule has 0 saturated carbocycles. The summed E-state index contributed by atoms with van der Waals surface area (Å²) in [5.74, 6) is 6.52. The number of likely N-dealkylation sites (tertiary alicyclic amines) is 1. The first-order valence-electron chi connectivity index (χ1n) is 12.0. The lowest BCUT2D eigenvalue weighted by Crippen LogP contribution is -2.56. The van der Waals surface area contributed by atoms with E-state index in [1.54, 1.807) is 14.0 Å². The molecule has 0 aromatic heterocycles. The Bertz CT molecular complexity index is 1050. The van der Waals surface area contributed by atoms with Crippen molar-refractivity contribution in [3.05, 3.63) is 65.7 Å². The molecule has 0 unspecified atom stereocenters. The second-order valence-electron chi connectivity index (χ2n) is 9.10. The Morgan fingerprint density at radius 1 is 1.03 bits per heavy atom. The molecule has 2 heterocycles. The largest absolute Gasteiger partial charge is 0.497 e. The predicted octanol–water partition coefficient (Wildman–Crippen LogP) is 3.85. The van der Waals surface area contributed by atoms with Crippen LogP contribution in [0.3, 0.4) is 0 Å². The molecule has 3 amide bonds. The van der Waals surface area contributed by atoms with Crippen molar-refractivity contribution in [2.45, 2.75) is 44.7 Å². The molecule has 2 saturated heterocycles. The van der Waals surface area contributed by atoms with Gasteiger partial charge in [-0.25, -0.2) is 4.79 Å². The van der Waals surface area contributed by atoms with Crippen molar-refractivity contribution in [3.8, 4) is 17.6 Å². The first-order valence-corrected chi connectivity index (χ1v) is 12.0. The van der Waals surface area contributed by atoms with Crippen LogP contribution in [0.15, 0.2) is 54.6 Å². The summed E-state index contributed by atoms with van der Waals surface area (Å²) in [6.07, 6.45) is 3.07. The normalized spacial score (nSPS) is 21.2. The van der Waals surface area contributed by atoms with E-state index >= 15 is 0 Å². The van der Waals surface area contributed by atoms with Gasteiger partial charge in [0.1, 0.15) is 11.3 Å². The standard InChI is InChI=1S/C28H33N3O3/c1-3-4-18-31-26(32)28(29-27(31)33,17-14-22-8-6-5-7-9-22)24-15-19-30(20-16-24)21-23-10-12-25(34-2)13-11-23/h5-13,24H,14-21H2,1-2H3,(H,29,33)/t28-/m0/s1. The highest BCUT2D eigenvalue weighted by atomic mass is 16.5. The number of aryl methyl sites for hydroxylation is 1. The highest BCUT2D eigenvalue weighted by molar-refractivity contribution is 6.07. The first kappa shape index (κ1) is 23.8. The molecular weight excluding hydrogens is 426 g/mol. The van der Waals surface area contributed by atoms with E-state index in [4.69, 9.17) is 4.74 Å². The Hall–Kier alpha value is -3.30. The van der Waals surface area contributed by atoms with Crippen molar-refractivity contribution < 1.29 is 14.3 Å². The number of ether oxygens (including phenoxy) is 1. The number of methoxy groups -OCH3 is 1. The number of urea groups is 1. The van der Waals surface area contributed by atoms with E-state index in [9.17, 15) is 9.59 Å². The number of hydrogen-bond acceptors (Lipinski definition) is 4. The lowest BCUT2D eigenvalue weighted by atomic mass is 9.74. The van der Waals surface area contributed by atoms with E-state index in [-0.39, 0.29) is 24.4 Å². The molecule has 1 atom stereocenters. The van der Waals surface area contributed by atoms with Gasteiger partial charge in [0.15, 0.2) is 0 Å². The van der Waals surface area contributed by atoms with Gasteiger partial charge in [-0.05, 0) is 74.9 Å². The van der Waals surface area contributed by atoms with Gasteiger partial charge in [0.2, 0.25) is 0 Å². The molecule has 6 heteroatoms. The molecule has 1 N–H and O–H groups in total. The summed E-state index contributed by atoms with van der Waals surface area (Å²) in [6.45, 7) is 4.51. The van der Waals surface area contributed by atoms with E-state index in [2.05, 4.69) is 46.3 Å². The van der Waals surface area contributed by atoms with Crippen LogP contribution in [0.1, 0.15) is 37.3 Å². The third kappa shape index (κ3) is 5.10. The van der Waals surface area contributed by atoms with Crippen LogP contribution in [0.5, 0.6) is 5.75 Å². The van der Waals surface area contributed by atoms with Crippen molar-refractivity contribution in [1.29, 1.82) is 0 Å². The third-order valence-electron chi connectivity index (χ3n) is 7.12. The van der Waals surface area contributed by atoms with E-state index in [1.807, 2.05) is 30.3 Å². The minimum atomic E-state index is -0.867. The monoisotopic (exact) mass is 459 g/mol. The number of rotatable bonds is 8. The zero-order chi connectivity index (χ0) is 24.0. The molecule has 2 aromatic carbocycles. The smallest absolute Gasteiger partial charge is 0.325 e. The fourth-order valence-corrected chi connectivity index (χ4v) is 5.16. The minimum Gasteiger partial charge on any atom is -0.497 e. The fraction of sp³-hybridized carbons (Fsp3) is 0.429. The van der Waals surface area contributed by atoms with Gasteiger partial charge in [0, 0.05) is 6.54 Å². The van der Waals surface area contributed by atoms with Crippen LogP contribution >= 0.6 is 0 Å². The highest BCUT2D eigenvalue weighted by Crippen LogP contribution is 2.37. The second-order valence-corrected chi connectivity index (χ2v) is 9.10. The number of amides is 3. The van der Waals surface area contributed by atoms with Crippen molar-refractivity contribution in [2.24, 2.45) is 5.92 Å². The van der Waals surface area contributed by atoms with Gasteiger partial charge < -0.3 is 10.1 Å². The molecule has 6 nitrogen and oxygen atoms in total. The van der Waals surface area contributed by atoms with E-state index < -0.39 is 5.54 Å². The number of imide groups is 1. The molecule has 0 aliphatic carbocycles. The van der Waals surface area contributed by atoms with Gasteiger partial charge in [0.05, 0.1) is 13.7 Å². The summed E-state index contributed by atoms with van der Waals surface area (Å²) < 4.78 is 5.26. The molecule has 4 rings (SSSR count). The Labute approximate surface area is 202 Å². The fourth-order valence-electron chi connectivity index (χ4n) is 5.16. The lowest BCUT2D eigenvalue weighted by molar-refractivity contribution is -0.134. The maximum Gasteiger partial charge on any atom is 0.325 e. The molecule has 0 radical (unpaired) electrons. The zero-order valence-electron chi connectivity index (χ0n) is 20.0. The first-order chi connectivity index (χ1) is 16.6. The molecule has 2 aliphatic heterocycles. The summed E-state index contributed by atoms with van der Waals surface area (Å²) in [6, 6.07) is 18.0. The molecule has 2 fully saturated rings. The van der Waals surface area contributed by atoms with Crippen LogP contribution in [0.25, 0.3) is 0 Å². The summed E-state index contributed by atoms with van der Waals surface area (Å²) in [5, 5.41) is 3.13. The SMILES string of the molecule is CC#CCN1C(=O)N[C@@](CCc2ccccc2)(C2CCN(Cc3ccc(OC)cc3)CC2)C1=O. The number of benzene rings is 2. The lowest BCUT2D eigenvalue weighted by Gasteiger charge is -2.41. The topological polar surface area (TPSA) is 61.9 Å². The summed E-state index contributed by atoms with van der Waals surface area (Å²) in [7, 11) is 1.67. The maximum absolute atomic E-state index is 13.6.